The highest BCUT2D eigenvalue weighted by atomic mass is 19.1. The number of aliphatic hydroxyl groups is 1. The van der Waals surface area contributed by atoms with Crippen LogP contribution in [0.5, 0.6) is 11.5 Å². The fraction of sp³-hybridized carbons (Fsp3) is 0.409. The molecule has 0 aromatic heterocycles. The summed E-state index contributed by atoms with van der Waals surface area (Å²) >= 11 is 0. The number of hydrogen-bond acceptors (Lipinski definition) is 5. The van der Waals surface area contributed by atoms with Crippen LogP contribution in [0.25, 0.3) is 0 Å². The number of β-amino-alcohol motifs (C(OH)–C–C–N with tert-alkyl or cyclic N) is 1. The van der Waals surface area contributed by atoms with Crippen molar-refractivity contribution in [2.45, 2.75) is 31.0 Å². The third-order valence-corrected chi connectivity index (χ3v) is 5.67. The highest BCUT2D eigenvalue weighted by molar-refractivity contribution is 5.89. The van der Waals surface area contributed by atoms with E-state index >= 15 is 0 Å². The van der Waals surface area contributed by atoms with Crippen molar-refractivity contribution in [3.8, 4) is 11.5 Å². The van der Waals surface area contributed by atoms with E-state index in [-0.39, 0.29) is 18.0 Å². The minimum atomic E-state index is -0.684. The van der Waals surface area contributed by atoms with Crippen molar-refractivity contribution in [2.24, 2.45) is 5.73 Å². The molecule has 160 valence electrons. The van der Waals surface area contributed by atoms with Gasteiger partial charge in [0.05, 0.1) is 5.69 Å². The van der Waals surface area contributed by atoms with Gasteiger partial charge in [0.25, 0.3) is 0 Å². The molecule has 4 N–H and O–H groups in total. The molecule has 4 rings (SSSR count). The minimum absolute atomic E-state index is 0.0975. The van der Waals surface area contributed by atoms with Gasteiger partial charge in [-0.05, 0) is 30.3 Å². The summed E-state index contributed by atoms with van der Waals surface area (Å²) < 4.78 is 25.3. The molecule has 0 bridgehead atoms. The Bertz CT molecular complexity index is 915. The molecule has 1 saturated heterocycles. The van der Waals surface area contributed by atoms with Crippen LogP contribution >= 0.6 is 0 Å². The number of nitrogens with zero attached hydrogens (tertiary/aromatic N) is 1. The molecule has 8 heteroatoms. The molecule has 2 aromatic rings. The summed E-state index contributed by atoms with van der Waals surface area (Å²) in [5.74, 6) is 1.00. The fourth-order valence-corrected chi connectivity index (χ4v) is 4.19. The Labute approximate surface area is 174 Å². The Balaban J connectivity index is 1.26. The molecule has 1 spiro atoms. The number of aliphatic hydroxyl groups excluding tert-OH is 1. The number of amides is 2. The summed E-state index contributed by atoms with van der Waals surface area (Å²) in [5.41, 5.74) is 6.29. The Kier molecular flexibility index (Phi) is 5.78. The molecular weight excluding hydrogens is 389 g/mol. The fourth-order valence-electron chi connectivity index (χ4n) is 4.19. The van der Waals surface area contributed by atoms with Crippen molar-refractivity contribution < 1.29 is 23.8 Å². The highest BCUT2D eigenvalue weighted by Gasteiger charge is 2.42. The summed E-state index contributed by atoms with van der Waals surface area (Å²) in [6.07, 6.45) is 1.68. The van der Waals surface area contributed by atoms with Crippen LogP contribution in [-0.2, 0) is 6.42 Å². The number of hydrogen-bond donors (Lipinski definition) is 3. The largest absolute Gasteiger partial charge is 0.489 e. The zero-order chi connectivity index (χ0) is 21.1. The Morgan fingerprint density at radius 3 is 2.83 bits per heavy atom. The van der Waals surface area contributed by atoms with Crippen LogP contribution in [0.15, 0.2) is 42.5 Å². The zero-order valence-corrected chi connectivity index (χ0v) is 16.6. The third-order valence-electron chi connectivity index (χ3n) is 5.67. The summed E-state index contributed by atoms with van der Waals surface area (Å²) in [4.78, 5) is 13.3. The first-order valence-corrected chi connectivity index (χ1v) is 10.1. The second-order valence-electron chi connectivity index (χ2n) is 7.96. The quantitative estimate of drug-likeness (QED) is 0.674. The smallest absolute Gasteiger partial charge is 0.316 e. The molecule has 7 nitrogen and oxygen atoms in total. The van der Waals surface area contributed by atoms with Crippen molar-refractivity contribution in [3.05, 3.63) is 53.8 Å². The van der Waals surface area contributed by atoms with E-state index in [1.165, 1.54) is 6.07 Å². The van der Waals surface area contributed by atoms with Gasteiger partial charge in [-0.1, -0.05) is 12.1 Å². The van der Waals surface area contributed by atoms with E-state index in [0.29, 0.717) is 18.0 Å². The summed E-state index contributed by atoms with van der Waals surface area (Å²) in [7, 11) is 0. The molecule has 0 radical (unpaired) electrons. The number of rotatable bonds is 6. The van der Waals surface area contributed by atoms with Gasteiger partial charge in [-0.25, -0.2) is 9.18 Å². The van der Waals surface area contributed by atoms with Gasteiger partial charge in [-0.2, -0.15) is 0 Å². The summed E-state index contributed by atoms with van der Waals surface area (Å²) in [6, 6.07) is 11.0. The lowest BCUT2D eigenvalue weighted by Gasteiger charge is -2.39. The normalized spacial score (nSPS) is 18.5. The lowest BCUT2D eigenvalue weighted by Crippen LogP contribution is -2.49. The zero-order valence-electron chi connectivity index (χ0n) is 16.6. The van der Waals surface area contributed by atoms with Crippen molar-refractivity contribution >= 4 is 11.7 Å². The predicted octanol–water partition coefficient (Wildman–Crippen LogP) is 2.53. The van der Waals surface area contributed by atoms with Gasteiger partial charge >= 0.3 is 6.03 Å². The number of benzene rings is 2. The van der Waals surface area contributed by atoms with Gasteiger partial charge in [0.15, 0.2) is 0 Å². The second-order valence-corrected chi connectivity index (χ2v) is 7.96. The van der Waals surface area contributed by atoms with Crippen LogP contribution in [0.4, 0.5) is 14.9 Å². The van der Waals surface area contributed by atoms with Crippen molar-refractivity contribution in [1.82, 2.24) is 4.90 Å². The lowest BCUT2D eigenvalue weighted by atomic mass is 9.87. The molecular formula is C22H26FN3O4. The van der Waals surface area contributed by atoms with E-state index in [4.69, 9.17) is 15.2 Å². The highest BCUT2D eigenvalue weighted by Crippen LogP contribution is 2.41. The Hall–Kier alpha value is -2.84. The van der Waals surface area contributed by atoms with E-state index in [2.05, 4.69) is 10.2 Å². The monoisotopic (exact) mass is 415 g/mol. The lowest BCUT2D eigenvalue weighted by molar-refractivity contribution is -0.00191. The van der Waals surface area contributed by atoms with Crippen molar-refractivity contribution in [1.29, 1.82) is 0 Å². The van der Waals surface area contributed by atoms with E-state index < -0.39 is 12.1 Å². The van der Waals surface area contributed by atoms with Crippen molar-refractivity contribution in [2.75, 3.05) is 31.6 Å². The number of halogens is 1. The van der Waals surface area contributed by atoms with Crippen LogP contribution in [0.1, 0.15) is 18.4 Å². The van der Waals surface area contributed by atoms with Crippen LogP contribution in [0.3, 0.4) is 0 Å². The van der Waals surface area contributed by atoms with Crippen molar-refractivity contribution in [3.63, 3.8) is 0 Å². The average Bonchev–Trinajstić information content (AvgIpc) is 3.06. The number of primary amides is 1. The number of para-hydroxylation sites is 2. The number of likely N-dealkylation sites (tertiary alicyclic amines) is 1. The van der Waals surface area contributed by atoms with Crippen LogP contribution in [-0.4, -0.2) is 54.0 Å². The standard InChI is InChI=1S/C22H26FN3O4/c23-16-5-6-19-15(11-16)12-22(30-19)7-9-26(10-8-22)13-17(27)14-29-20-4-2-1-3-18(20)25-21(24)28/h1-6,11,17,27H,7-10,12-14H2,(H3,24,25,28)/t17-/m1/s1. The number of fused-ring (bicyclic) bond motifs is 1. The third kappa shape index (κ3) is 4.66. The maximum absolute atomic E-state index is 13.5. The summed E-state index contributed by atoms with van der Waals surface area (Å²) in [5, 5.41) is 12.9. The molecule has 0 saturated carbocycles. The van der Waals surface area contributed by atoms with Crippen LogP contribution < -0.4 is 20.5 Å². The molecule has 0 unspecified atom stereocenters. The molecule has 1 atom stereocenters. The van der Waals surface area contributed by atoms with Gasteiger partial charge in [0.1, 0.15) is 35.6 Å². The average molecular weight is 415 g/mol. The second kappa shape index (κ2) is 8.49. The van der Waals surface area contributed by atoms with Gasteiger partial charge < -0.3 is 30.5 Å². The van der Waals surface area contributed by atoms with Gasteiger partial charge in [-0.15, -0.1) is 0 Å². The molecule has 30 heavy (non-hydrogen) atoms. The van der Waals surface area contributed by atoms with Crippen LogP contribution in [0, 0.1) is 5.82 Å². The maximum Gasteiger partial charge on any atom is 0.316 e. The molecule has 0 aliphatic carbocycles. The number of piperidine rings is 1. The van der Waals surface area contributed by atoms with E-state index in [1.807, 2.05) is 0 Å². The number of carbonyl (C=O) groups excluding carboxylic acids is 1. The Morgan fingerprint density at radius 1 is 1.30 bits per heavy atom. The van der Waals surface area contributed by atoms with Gasteiger partial charge in [0.2, 0.25) is 0 Å². The first-order chi connectivity index (χ1) is 14.4. The van der Waals surface area contributed by atoms with Gasteiger partial charge in [-0.3, -0.25) is 0 Å². The molecule has 2 heterocycles. The molecule has 2 amide bonds. The van der Waals surface area contributed by atoms with E-state index in [0.717, 1.165) is 43.7 Å². The minimum Gasteiger partial charge on any atom is -0.489 e. The number of urea groups is 1. The maximum atomic E-state index is 13.5. The first kappa shape index (κ1) is 20.4. The topological polar surface area (TPSA) is 97.1 Å². The summed E-state index contributed by atoms with van der Waals surface area (Å²) in [6.45, 7) is 2.14. The molecule has 2 aliphatic rings. The van der Waals surface area contributed by atoms with E-state index in [9.17, 15) is 14.3 Å². The first-order valence-electron chi connectivity index (χ1n) is 10.1. The number of anilines is 1. The number of nitrogens with one attached hydrogen (secondary N) is 1. The SMILES string of the molecule is NC(=O)Nc1ccccc1OC[C@H](O)CN1CCC2(CC1)Cc1cc(F)ccc1O2. The molecule has 2 aromatic carbocycles. The number of ether oxygens (including phenoxy) is 2. The predicted molar refractivity (Wildman–Crippen MR) is 110 cm³/mol. The number of carbonyl (C=O) groups is 1. The van der Waals surface area contributed by atoms with E-state index in [1.54, 1.807) is 36.4 Å². The number of nitrogens with two attached hydrogens (primary N) is 1. The Morgan fingerprint density at radius 2 is 2.07 bits per heavy atom. The molecule has 2 aliphatic heterocycles. The van der Waals surface area contributed by atoms with Gasteiger partial charge in [0, 0.05) is 44.5 Å². The molecule has 1 fully saturated rings. The van der Waals surface area contributed by atoms with Crippen LogP contribution in [0.2, 0.25) is 0 Å².